The van der Waals surface area contributed by atoms with Crippen molar-refractivity contribution in [2.75, 3.05) is 19.5 Å². The lowest BCUT2D eigenvalue weighted by Gasteiger charge is -2.11. The van der Waals surface area contributed by atoms with Crippen LogP contribution in [-0.2, 0) is 26.6 Å². The minimum Gasteiger partial charge on any atom is -0.497 e. The van der Waals surface area contributed by atoms with E-state index in [0.717, 1.165) is 17.1 Å². The molecule has 0 fully saturated rings. The van der Waals surface area contributed by atoms with E-state index in [9.17, 15) is 9.59 Å². The van der Waals surface area contributed by atoms with E-state index < -0.39 is 0 Å². The van der Waals surface area contributed by atoms with Crippen LogP contribution < -0.4 is 10.1 Å². The molecule has 0 aliphatic heterocycles. The van der Waals surface area contributed by atoms with Crippen LogP contribution in [0.25, 0.3) is 0 Å². The van der Waals surface area contributed by atoms with E-state index in [-0.39, 0.29) is 24.4 Å². The minimum absolute atomic E-state index is 0.256. The Labute approximate surface area is 164 Å². The Bertz CT molecular complexity index is 719. The topological polar surface area (TPSA) is 64.6 Å². The molecule has 0 heterocycles. The molecule has 2 aromatic carbocycles. The summed E-state index contributed by atoms with van der Waals surface area (Å²) in [7, 11) is 1.60. The zero-order chi connectivity index (χ0) is 19.5. The van der Waals surface area contributed by atoms with Crippen molar-refractivity contribution in [1.29, 1.82) is 0 Å². The smallest absolute Gasteiger partial charge is 0.309 e. The summed E-state index contributed by atoms with van der Waals surface area (Å²) in [4.78, 5) is 23.9. The molecule has 0 aliphatic carbocycles. The summed E-state index contributed by atoms with van der Waals surface area (Å²) in [5.74, 6) is 1.34. The number of carbonyl (C=O) groups is 2. The quantitative estimate of drug-likeness (QED) is 0.633. The molecule has 2 aromatic rings. The molecule has 0 radical (unpaired) electrons. The molecule has 144 valence electrons. The maximum atomic E-state index is 12.0. The zero-order valence-corrected chi connectivity index (χ0v) is 16.5. The number of amides is 1. The van der Waals surface area contributed by atoms with Gasteiger partial charge in [-0.1, -0.05) is 49.4 Å². The lowest BCUT2D eigenvalue weighted by atomic mass is 10.2. The highest BCUT2D eigenvalue weighted by Crippen LogP contribution is 2.16. The number of benzene rings is 2. The molecule has 6 heteroatoms. The standard InChI is InChI=1S/C21H25NO4S/c1-16(14-27-15-18-6-4-3-5-7-18)21(24)26-13-20(23)22-12-17-8-10-19(25-2)11-9-17/h3-11,16H,12-15H2,1-2H3,(H,22,23)/t16-/m1/s1. The number of methoxy groups -OCH3 is 1. The predicted molar refractivity (Wildman–Crippen MR) is 108 cm³/mol. The van der Waals surface area contributed by atoms with Crippen molar-refractivity contribution in [3.8, 4) is 5.75 Å². The zero-order valence-electron chi connectivity index (χ0n) is 15.6. The molecule has 1 N–H and O–H groups in total. The number of hydrogen-bond acceptors (Lipinski definition) is 5. The molecule has 27 heavy (non-hydrogen) atoms. The Morgan fingerprint density at radius 2 is 1.74 bits per heavy atom. The van der Waals surface area contributed by atoms with Gasteiger partial charge in [-0.2, -0.15) is 11.8 Å². The number of nitrogens with one attached hydrogen (secondary N) is 1. The number of ether oxygens (including phenoxy) is 2. The first-order valence-electron chi connectivity index (χ1n) is 8.76. The van der Waals surface area contributed by atoms with E-state index in [2.05, 4.69) is 17.4 Å². The maximum absolute atomic E-state index is 12.0. The second-order valence-corrected chi connectivity index (χ2v) is 7.16. The molecule has 2 rings (SSSR count). The summed E-state index contributed by atoms with van der Waals surface area (Å²) >= 11 is 1.68. The second kappa shape index (κ2) is 11.3. The molecule has 0 saturated carbocycles. The van der Waals surface area contributed by atoms with Crippen LogP contribution >= 0.6 is 11.8 Å². The Morgan fingerprint density at radius 1 is 1.04 bits per heavy atom. The Balaban J connectivity index is 1.62. The Kier molecular flexibility index (Phi) is 8.71. The number of thioether (sulfide) groups is 1. The van der Waals surface area contributed by atoms with Gasteiger partial charge in [-0.25, -0.2) is 0 Å². The summed E-state index contributed by atoms with van der Waals surface area (Å²) < 4.78 is 10.2. The van der Waals surface area contributed by atoms with Gasteiger partial charge in [-0.05, 0) is 23.3 Å². The van der Waals surface area contributed by atoms with Crippen molar-refractivity contribution in [1.82, 2.24) is 5.32 Å². The molecular weight excluding hydrogens is 362 g/mol. The molecular formula is C21H25NO4S. The number of carbonyl (C=O) groups excluding carboxylic acids is 2. The van der Waals surface area contributed by atoms with E-state index in [1.165, 1.54) is 5.56 Å². The fourth-order valence-electron chi connectivity index (χ4n) is 2.27. The van der Waals surface area contributed by atoms with E-state index >= 15 is 0 Å². The first-order valence-corrected chi connectivity index (χ1v) is 9.92. The van der Waals surface area contributed by atoms with Crippen LogP contribution in [-0.4, -0.2) is 31.3 Å². The van der Waals surface area contributed by atoms with Gasteiger partial charge >= 0.3 is 5.97 Å². The molecule has 0 spiro atoms. The summed E-state index contributed by atoms with van der Waals surface area (Å²) in [6.07, 6.45) is 0. The Hall–Kier alpha value is -2.47. The van der Waals surface area contributed by atoms with Crippen LogP contribution in [0.3, 0.4) is 0 Å². The first kappa shape index (κ1) is 20.8. The van der Waals surface area contributed by atoms with E-state index in [1.54, 1.807) is 18.9 Å². The third kappa shape index (κ3) is 7.74. The van der Waals surface area contributed by atoms with Crippen molar-refractivity contribution in [3.63, 3.8) is 0 Å². The molecule has 0 aromatic heterocycles. The van der Waals surface area contributed by atoms with Gasteiger partial charge in [0.1, 0.15) is 5.75 Å². The van der Waals surface area contributed by atoms with Crippen molar-refractivity contribution in [2.24, 2.45) is 5.92 Å². The highest BCUT2D eigenvalue weighted by Gasteiger charge is 2.16. The van der Waals surface area contributed by atoms with Crippen molar-refractivity contribution in [3.05, 3.63) is 65.7 Å². The molecule has 0 aliphatic rings. The van der Waals surface area contributed by atoms with Gasteiger partial charge in [0.25, 0.3) is 5.91 Å². The minimum atomic E-state index is -0.352. The fourth-order valence-corrected chi connectivity index (χ4v) is 3.31. The van der Waals surface area contributed by atoms with Crippen LogP contribution in [0.2, 0.25) is 0 Å². The maximum Gasteiger partial charge on any atom is 0.309 e. The van der Waals surface area contributed by atoms with E-state index in [1.807, 2.05) is 49.4 Å². The van der Waals surface area contributed by atoms with Crippen molar-refractivity contribution < 1.29 is 19.1 Å². The molecule has 1 atom stereocenters. The normalized spacial score (nSPS) is 11.5. The SMILES string of the molecule is COc1ccc(CNC(=O)COC(=O)[C@H](C)CSCc2ccccc2)cc1. The number of rotatable bonds is 10. The number of esters is 1. The van der Waals surface area contributed by atoms with Gasteiger partial charge in [-0.3, -0.25) is 9.59 Å². The first-order chi connectivity index (χ1) is 13.1. The second-order valence-electron chi connectivity index (χ2n) is 6.13. The van der Waals surface area contributed by atoms with Gasteiger partial charge in [0.15, 0.2) is 6.61 Å². The third-order valence-electron chi connectivity index (χ3n) is 3.88. The summed E-state index contributed by atoms with van der Waals surface area (Å²) in [5.41, 5.74) is 2.17. The molecule has 0 bridgehead atoms. The van der Waals surface area contributed by atoms with E-state index in [0.29, 0.717) is 12.3 Å². The van der Waals surface area contributed by atoms with Gasteiger partial charge in [-0.15, -0.1) is 0 Å². The molecule has 1 amide bonds. The van der Waals surface area contributed by atoms with Crippen LogP contribution in [0.4, 0.5) is 0 Å². The van der Waals surface area contributed by atoms with Crippen LogP contribution in [0.5, 0.6) is 5.75 Å². The summed E-state index contributed by atoms with van der Waals surface area (Å²) in [5, 5.41) is 2.73. The van der Waals surface area contributed by atoms with Crippen LogP contribution in [0, 0.1) is 5.92 Å². The van der Waals surface area contributed by atoms with E-state index in [4.69, 9.17) is 9.47 Å². The largest absolute Gasteiger partial charge is 0.497 e. The fraction of sp³-hybridized carbons (Fsp3) is 0.333. The van der Waals surface area contributed by atoms with Crippen molar-refractivity contribution in [2.45, 2.75) is 19.2 Å². The summed E-state index contributed by atoms with van der Waals surface area (Å²) in [6.45, 7) is 1.93. The van der Waals surface area contributed by atoms with Gasteiger partial charge in [0.2, 0.25) is 0 Å². The summed E-state index contributed by atoms with van der Waals surface area (Å²) in [6, 6.07) is 17.5. The number of hydrogen-bond donors (Lipinski definition) is 1. The van der Waals surface area contributed by atoms with Gasteiger partial charge < -0.3 is 14.8 Å². The molecule has 0 unspecified atom stereocenters. The lowest BCUT2D eigenvalue weighted by molar-refractivity contribution is -0.151. The van der Waals surface area contributed by atoms with Gasteiger partial charge in [0, 0.05) is 18.1 Å². The highest BCUT2D eigenvalue weighted by atomic mass is 32.2. The lowest BCUT2D eigenvalue weighted by Crippen LogP contribution is -2.30. The van der Waals surface area contributed by atoms with Crippen LogP contribution in [0.15, 0.2) is 54.6 Å². The van der Waals surface area contributed by atoms with Crippen LogP contribution in [0.1, 0.15) is 18.1 Å². The monoisotopic (exact) mass is 387 g/mol. The third-order valence-corrected chi connectivity index (χ3v) is 5.15. The predicted octanol–water partition coefficient (Wildman–Crippen LogP) is 3.42. The average molecular weight is 388 g/mol. The van der Waals surface area contributed by atoms with Gasteiger partial charge in [0.05, 0.1) is 13.0 Å². The average Bonchev–Trinajstić information content (AvgIpc) is 2.71. The Morgan fingerprint density at radius 3 is 2.41 bits per heavy atom. The molecule has 5 nitrogen and oxygen atoms in total. The highest BCUT2D eigenvalue weighted by molar-refractivity contribution is 7.98. The van der Waals surface area contributed by atoms with Crippen molar-refractivity contribution >= 4 is 23.6 Å². The molecule has 0 saturated heterocycles.